The van der Waals surface area contributed by atoms with Crippen LogP contribution >= 0.6 is 7.82 Å². The molecule has 0 aliphatic carbocycles. The maximum Gasteiger partial charge on any atom is 0.306 e. The Morgan fingerprint density at radius 3 is 1.23 bits per heavy atom. The normalized spacial score (nSPS) is 13.9. The molecule has 0 saturated heterocycles. The second kappa shape index (κ2) is 55.5. The molecular weight excluding hydrogens is 952 g/mol. The number of amides is 1. The number of hydrogen-bond donors (Lipinski definition) is 1. The van der Waals surface area contributed by atoms with E-state index in [0.717, 1.165) is 77.0 Å². The molecule has 0 aromatic rings. The van der Waals surface area contributed by atoms with Crippen LogP contribution in [0.1, 0.15) is 316 Å². The number of nitrogens with zero attached hydrogens (tertiary/aromatic N) is 1. The molecule has 9 nitrogen and oxygen atoms in total. The minimum absolute atomic E-state index is 0.0209. The first-order valence-electron chi connectivity index (χ1n) is 32.3. The highest BCUT2D eigenvalue weighted by Crippen LogP contribution is 2.38. The molecule has 0 radical (unpaired) electrons. The smallest absolute Gasteiger partial charge is 0.306 e. The van der Waals surface area contributed by atoms with Gasteiger partial charge < -0.3 is 28.5 Å². The van der Waals surface area contributed by atoms with Crippen LogP contribution in [0.2, 0.25) is 0 Å². The maximum absolute atomic E-state index is 13.5. The zero-order valence-electron chi connectivity index (χ0n) is 50.5. The van der Waals surface area contributed by atoms with Crippen LogP contribution in [-0.4, -0.2) is 69.4 Å². The molecule has 0 aromatic heterocycles. The molecular formula is C65H125N2O7P. The predicted molar refractivity (Wildman–Crippen MR) is 321 cm³/mol. The van der Waals surface area contributed by atoms with Crippen molar-refractivity contribution >= 4 is 19.7 Å². The van der Waals surface area contributed by atoms with Crippen LogP contribution in [-0.2, 0) is 27.9 Å². The quantitative estimate of drug-likeness (QED) is 0.0212. The Morgan fingerprint density at radius 2 is 0.813 bits per heavy atom. The molecule has 0 aromatic carbocycles. The number of phosphoric acid groups is 1. The van der Waals surface area contributed by atoms with E-state index in [1.54, 1.807) is 0 Å². The Morgan fingerprint density at radius 1 is 0.467 bits per heavy atom. The van der Waals surface area contributed by atoms with E-state index in [1.165, 1.54) is 205 Å². The highest BCUT2D eigenvalue weighted by Gasteiger charge is 2.27. The van der Waals surface area contributed by atoms with Gasteiger partial charge in [0.15, 0.2) is 0 Å². The van der Waals surface area contributed by atoms with Gasteiger partial charge in [-0.1, -0.05) is 276 Å². The summed E-state index contributed by atoms with van der Waals surface area (Å²) in [4.78, 5) is 40.0. The van der Waals surface area contributed by atoms with Crippen molar-refractivity contribution in [1.29, 1.82) is 0 Å². The van der Waals surface area contributed by atoms with Crippen LogP contribution in [0.5, 0.6) is 0 Å². The first-order valence-corrected chi connectivity index (χ1v) is 33.8. The molecule has 75 heavy (non-hydrogen) atoms. The number of carbonyl (C=O) groups is 2. The number of hydrogen-bond acceptors (Lipinski definition) is 7. The number of rotatable bonds is 59. The topological polar surface area (TPSA) is 114 Å². The number of unbranched alkanes of at least 4 members (excludes halogenated alkanes) is 39. The summed E-state index contributed by atoms with van der Waals surface area (Å²) >= 11 is 0. The third-order valence-electron chi connectivity index (χ3n) is 14.6. The first kappa shape index (κ1) is 73.2. The van der Waals surface area contributed by atoms with Crippen molar-refractivity contribution < 1.29 is 37.3 Å². The third kappa shape index (κ3) is 56.8. The summed E-state index contributed by atoms with van der Waals surface area (Å²) in [7, 11) is 1.19. The van der Waals surface area contributed by atoms with Gasteiger partial charge in [0.2, 0.25) is 5.91 Å². The van der Waals surface area contributed by atoms with E-state index in [2.05, 4.69) is 50.4 Å². The Hall–Kier alpha value is -1.77. The van der Waals surface area contributed by atoms with Gasteiger partial charge in [0.25, 0.3) is 7.82 Å². The van der Waals surface area contributed by atoms with Crippen molar-refractivity contribution in [3.05, 3.63) is 36.5 Å². The van der Waals surface area contributed by atoms with E-state index in [1.807, 2.05) is 33.3 Å². The van der Waals surface area contributed by atoms with Crippen LogP contribution in [0.25, 0.3) is 0 Å². The van der Waals surface area contributed by atoms with Gasteiger partial charge in [-0.2, -0.15) is 0 Å². The summed E-state index contributed by atoms with van der Waals surface area (Å²) in [5.74, 6) is -0.531. The summed E-state index contributed by atoms with van der Waals surface area (Å²) < 4.78 is 30.3. The van der Waals surface area contributed by atoms with Gasteiger partial charge in [0, 0.05) is 12.8 Å². The fraction of sp³-hybridized carbons (Fsp3) is 0.877. The van der Waals surface area contributed by atoms with Crippen molar-refractivity contribution in [1.82, 2.24) is 5.32 Å². The molecule has 0 bridgehead atoms. The number of ether oxygens (including phenoxy) is 1. The molecule has 3 unspecified atom stereocenters. The summed E-state index contributed by atoms with van der Waals surface area (Å²) in [5.41, 5.74) is 0. The minimum Gasteiger partial charge on any atom is -0.756 e. The predicted octanol–water partition coefficient (Wildman–Crippen LogP) is 19.3. The molecule has 0 fully saturated rings. The second-order valence-corrected chi connectivity index (χ2v) is 24.7. The molecule has 0 heterocycles. The van der Waals surface area contributed by atoms with Gasteiger partial charge in [-0.3, -0.25) is 14.2 Å². The molecule has 442 valence electrons. The largest absolute Gasteiger partial charge is 0.756 e. The van der Waals surface area contributed by atoms with Crippen LogP contribution in [0, 0.1) is 0 Å². The van der Waals surface area contributed by atoms with Gasteiger partial charge in [-0.25, -0.2) is 0 Å². The molecule has 0 rings (SSSR count). The molecule has 10 heteroatoms. The zero-order valence-corrected chi connectivity index (χ0v) is 51.4. The number of quaternary nitrogens is 1. The molecule has 0 aliphatic heterocycles. The highest BCUT2D eigenvalue weighted by molar-refractivity contribution is 7.45. The van der Waals surface area contributed by atoms with Gasteiger partial charge in [0.05, 0.1) is 33.8 Å². The molecule has 0 saturated carbocycles. The summed E-state index contributed by atoms with van der Waals surface area (Å²) in [6.07, 6.45) is 66.8. The Balaban J connectivity index is 5.15. The van der Waals surface area contributed by atoms with Crippen LogP contribution in [0.4, 0.5) is 0 Å². The average Bonchev–Trinajstić information content (AvgIpc) is 3.37. The lowest BCUT2D eigenvalue weighted by Crippen LogP contribution is -2.47. The molecule has 0 spiro atoms. The number of phosphoric ester groups is 1. The number of likely N-dealkylation sites (N-methyl/N-ethyl adjacent to an activating group) is 1. The lowest BCUT2D eigenvalue weighted by molar-refractivity contribution is -0.870. The summed E-state index contributed by atoms with van der Waals surface area (Å²) in [6.45, 7) is 6.85. The minimum atomic E-state index is -4.70. The fourth-order valence-corrected chi connectivity index (χ4v) is 10.3. The molecule has 3 atom stereocenters. The van der Waals surface area contributed by atoms with E-state index >= 15 is 0 Å². The van der Waals surface area contributed by atoms with E-state index in [9.17, 15) is 19.0 Å². The van der Waals surface area contributed by atoms with Crippen LogP contribution in [0.15, 0.2) is 36.5 Å². The highest BCUT2D eigenvalue weighted by atomic mass is 31.2. The third-order valence-corrected chi connectivity index (χ3v) is 15.5. The Kier molecular flexibility index (Phi) is 54.2. The number of carbonyl (C=O) groups excluding carboxylic acids is 2. The van der Waals surface area contributed by atoms with Crippen molar-refractivity contribution in [3.63, 3.8) is 0 Å². The summed E-state index contributed by atoms with van der Waals surface area (Å²) in [6, 6.07) is -0.886. The average molecular weight is 1080 g/mol. The summed E-state index contributed by atoms with van der Waals surface area (Å²) in [5, 5.41) is 3.03. The van der Waals surface area contributed by atoms with Crippen LogP contribution < -0.4 is 10.2 Å². The lowest BCUT2D eigenvalue weighted by Gasteiger charge is -2.30. The van der Waals surface area contributed by atoms with Crippen molar-refractivity contribution in [2.75, 3.05) is 40.9 Å². The van der Waals surface area contributed by atoms with Gasteiger partial charge in [0.1, 0.15) is 19.3 Å². The molecule has 1 N–H and O–H groups in total. The Labute approximate surface area is 466 Å². The van der Waals surface area contributed by atoms with Gasteiger partial charge >= 0.3 is 5.97 Å². The standard InChI is InChI=1S/C65H125N2O7P/c1-7-10-13-16-19-22-25-27-29-31-33-35-37-39-42-45-48-51-54-57-64(68)66-62(61-73-75(70,71)72-60-59-67(4,5)6)63(56-53-50-47-44-41-24-21-18-15-12-9-3)74-65(69)58-55-52-49-46-43-40-38-36-34-32-30-28-26-23-20-17-14-11-8-2/h19,22,27,29,53,56,62-63H,7-18,20-21,23-26,28,30-52,54-55,57-61H2,1-6H3,(H-,66,68,70,71)/b22-19-,29-27-,56-53+. The Bertz CT molecular complexity index is 1380. The maximum atomic E-state index is 13.5. The van der Waals surface area contributed by atoms with Gasteiger partial charge in [-0.05, 0) is 63.9 Å². The number of allylic oxidation sites excluding steroid dienone is 5. The second-order valence-electron chi connectivity index (χ2n) is 23.3. The fourth-order valence-electron chi connectivity index (χ4n) is 9.55. The van der Waals surface area contributed by atoms with Crippen molar-refractivity contribution in [2.45, 2.75) is 328 Å². The van der Waals surface area contributed by atoms with Crippen molar-refractivity contribution in [2.24, 2.45) is 0 Å². The number of esters is 1. The SMILES string of the molecule is CCCCC/C=C\C/C=C\CCCCCCCCCCCC(=O)NC(COP(=O)([O-])OCC[N+](C)(C)C)C(/C=C/CCCCCCCCCCC)OC(=O)CCCCCCCCCCCCCCCCCCCCC. The monoisotopic (exact) mass is 1080 g/mol. The van der Waals surface area contributed by atoms with Crippen molar-refractivity contribution in [3.8, 4) is 0 Å². The molecule has 0 aliphatic rings. The zero-order chi connectivity index (χ0) is 55.0. The van der Waals surface area contributed by atoms with E-state index in [0.29, 0.717) is 17.4 Å². The van der Waals surface area contributed by atoms with Gasteiger partial charge in [-0.15, -0.1) is 0 Å². The first-order chi connectivity index (χ1) is 36.4. The van der Waals surface area contributed by atoms with Crippen LogP contribution in [0.3, 0.4) is 0 Å². The van der Waals surface area contributed by atoms with E-state index in [4.69, 9.17) is 13.8 Å². The molecule has 1 amide bonds. The van der Waals surface area contributed by atoms with E-state index in [-0.39, 0.29) is 31.5 Å². The van der Waals surface area contributed by atoms with E-state index < -0.39 is 20.0 Å². The number of nitrogens with one attached hydrogen (secondary N) is 1. The lowest BCUT2D eigenvalue weighted by atomic mass is 10.0.